The molecular weight excluding hydrogens is 274 g/mol. The number of hydrogen-bond acceptors (Lipinski definition) is 8. The third-order valence-electron chi connectivity index (χ3n) is 2.60. The first-order valence-electron chi connectivity index (χ1n) is 7.26. The molecule has 0 amide bonds. The molecule has 0 aliphatic rings. The Hall–Kier alpha value is -1.67. The molecule has 0 saturated carbocycles. The van der Waals surface area contributed by atoms with Gasteiger partial charge in [-0.3, -0.25) is 0 Å². The summed E-state index contributed by atoms with van der Waals surface area (Å²) < 4.78 is 16.1. The van der Waals surface area contributed by atoms with Crippen LogP contribution in [-0.4, -0.2) is 61.1 Å². The van der Waals surface area contributed by atoms with Gasteiger partial charge in [-0.1, -0.05) is 0 Å². The highest BCUT2D eigenvalue weighted by Gasteiger charge is 2.13. The minimum atomic E-state index is 0.140. The molecule has 1 aromatic heterocycles. The van der Waals surface area contributed by atoms with Crippen LogP contribution in [0.4, 0.5) is 11.9 Å². The molecule has 120 valence electrons. The Morgan fingerprint density at radius 2 is 1.52 bits per heavy atom. The van der Waals surface area contributed by atoms with Gasteiger partial charge in [0.15, 0.2) is 0 Å². The van der Waals surface area contributed by atoms with Crippen LogP contribution in [-0.2, 0) is 9.47 Å². The molecule has 0 aliphatic carbocycles. The van der Waals surface area contributed by atoms with Gasteiger partial charge in [0, 0.05) is 26.3 Å². The standard InChI is InChI=1S/C13H25N5O3/c1-4-19-9-7-18(8-10-20-5-2)12-15-11(14)16-13(17-12)21-6-3/h4-10H2,1-3H3,(H2,14,15,16,17). The molecule has 0 spiro atoms. The number of nitrogens with zero attached hydrogens (tertiary/aromatic N) is 4. The SMILES string of the molecule is CCOCCN(CCOCC)c1nc(N)nc(OCC)n1. The van der Waals surface area contributed by atoms with Crippen molar-refractivity contribution in [2.45, 2.75) is 20.8 Å². The zero-order valence-electron chi connectivity index (χ0n) is 13.0. The summed E-state index contributed by atoms with van der Waals surface area (Å²) in [7, 11) is 0. The van der Waals surface area contributed by atoms with Crippen molar-refractivity contribution in [1.29, 1.82) is 0 Å². The molecule has 8 nitrogen and oxygen atoms in total. The van der Waals surface area contributed by atoms with Crippen LogP contribution in [0.3, 0.4) is 0 Å². The van der Waals surface area contributed by atoms with Crippen LogP contribution in [0.2, 0.25) is 0 Å². The number of rotatable bonds is 11. The van der Waals surface area contributed by atoms with Gasteiger partial charge in [-0.25, -0.2) is 0 Å². The van der Waals surface area contributed by atoms with E-state index < -0.39 is 0 Å². The second kappa shape index (κ2) is 10.1. The molecule has 1 rings (SSSR count). The lowest BCUT2D eigenvalue weighted by atomic mass is 10.5. The van der Waals surface area contributed by atoms with Gasteiger partial charge in [-0.15, -0.1) is 0 Å². The topological polar surface area (TPSA) is 95.6 Å². The highest BCUT2D eigenvalue weighted by molar-refractivity contribution is 5.35. The van der Waals surface area contributed by atoms with Gasteiger partial charge in [0.25, 0.3) is 0 Å². The Morgan fingerprint density at radius 1 is 0.905 bits per heavy atom. The normalized spacial score (nSPS) is 10.6. The van der Waals surface area contributed by atoms with Crippen LogP contribution in [0.25, 0.3) is 0 Å². The average Bonchev–Trinajstić information content (AvgIpc) is 2.46. The lowest BCUT2D eigenvalue weighted by Crippen LogP contribution is -2.33. The van der Waals surface area contributed by atoms with Crippen LogP contribution in [0.5, 0.6) is 6.01 Å². The summed E-state index contributed by atoms with van der Waals surface area (Å²) >= 11 is 0. The average molecular weight is 299 g/mol. The van der Waals surface area contributed by atoms with E-state index in [0.29, 0.717) is 52.1 Å². The van der Waals surface area contributed by atoms with Gasteiger partial charge >= 0.3 is 6.01 Å². The fourth-order valence-electron chi connectivity index (χ4n) is 1.65. The molecule has 1 heterocycles. The zero-order valence-corrected chi connectivity index (χ0v) is 13.0. The second-order valence-electron chi connectivity index (χ2n) is 4.09. The van der Waals surface area contributed by atoms with E-state index in [2.05, 4.69) is 15.0 Å². The van der Waals surface area contributed by atoms with Gasteiger partial charge in [0.1, 0.15) is 0 Å². The number of ether oxygens (including phenoxy) is 3. The summed E-state index contributed by atoms with van der Waals surface area (Å²) in [6.07, 6.45) is 0. The Kier molecular flexibility index (Phi) is 8.37. The highest BCUT2D eigenvalue weighted by atomic mass is 16.5. The first-order valence-corrected chi connectivity index (χ1v) is 7.26. The summed E-state index contributed by atoms with van der Waals surface area (Å²) in [5, 5.41) is 0. The Balaban J connectivity index is 2.78. The van der Waals surface area contributed by atoms with Crippen molar-refractivity contribution >= 4 is 11.9 Å². The molecule has 0 saturated heterocycles. The van der Waals surface area contributed by atoms with E-state index >= 15 is 0 Å². The van der Waals surface area contributed by atoms with Gasteiger partial charge in [0.2, 0.25) is 11.9 Å². The fraction of sp³-hybridized carbons (Fsp3) is 0.769. The van der Waals surface area contributed by atoms with Crippen molar-refractivity contribution in [2.24, 2.45) is 0 Å². The van der Waals surface area contributed by atoms with E-state index in [0.717, 1.165) is 0 Å². The lowest BCUT2D eigenvalue weighted by Gasteiger charge is -2.22. The van der Waals surface area contributed by atoms with Crippen LogP contribution in [0, 0.1) is 0 Å². The third-order valence-corrected chi connectivity index (χ3v) is 2.60. The largest absolute Gasteiger partial charge is 0.464 e. The molecule has 0 aromatic carbocycles. The van der Waals surface area contributed by atoms with Crippen molar-refractivity contribution < 1.29 is 14.2 Å². The summed E-state index contributed by atoms with van der Waals surface area (Å²) in [5.74, 6) is 0.617. The van der Waals surface area contributed by atoms with E-state index in [9.17, 15) is 0 Å². The summed E-state index contributed by atoms with van der Waals surface area (Å²) in [5.41, 5.74) is 5.71. The molecular formula is C13H25N5O3. The van der Waals surface area contributed by atoms with Gasteiger partial charge in [0.05, 0.1) is 19.8 Å². The maximum absolute atomic E-state index is 5.71. The number of nitrogens with two attached hydrogens (primary N) is 1. The molecule has 0 radical (unpaired) electrons. The molecule has 0 atom stereocenters. The van der Waals surface area contributed by atoms with Crippen LogP contribution < -0.4 is 15.4 Å². The Bertz CT molecular complexity index is 395. The minimum absolute atomic E-state index is 0.140. The van der Waals surface area contributed by atoms with Gasteiger partial charge < -0.3 is 24.8 Å². The Morgan fingerprint density at radius 3 is 2.05 bits per heavy atom. The smallest absolute Gasteiger partial charge is 0.323 e. The number of anilines is 2. The van der Waals surface area contributed by atoms with Crippen molar-refractivity contribution in [3.63, 3.8) is 0 Å². The van der Waals surface area contributed by atoms with Gasteiger partial charge in [-0.05, 0) is 20.8 Å². The number of nitrogen functional groups attached to an aromatic ring is 1. The van der Waals surface area contributed by atoms with Crippen LogP contribution >= 0.6 is 0 Å². The van der Waals surface area contributed by atoms with E-state index in [1.54, 1.807) is 0 Å². The Labute approximate surface area is 125 Å². The molecule has 8 heteroatoms. The predicted octanol–water partition coefficient (Wildman–Crippen LogP) is 0.732. The quantitative estimate of drug-likeness (QED) is 0.597. The molecule has 0 fully saturated rings. The monoisotopic (exact) mass is 299 g/mol. The summed E-state index contributed by atoms with van der Waals surface area (Å²) in [6.45, 7) is 10.0. The molecule has 0 aliphatic heterocycles. The van der Waals surface area contributed by atoms with E-state index in [1.165, 1.54) is 0 Å². The first-order chi connectivity index (χ1) is 10.2. The third kappa shape index (κ3) is 6.54. The van der Waals surface area contributed by atoms with Crippen LogP contribution in [0.15, 0.2) is 0 Å². The lowest BCUT2D eigenvalue weighted by molar-refractivity contribution is 0.141. The molecule has 0 bridgehead atoms. The van der Waals surface area contributed by atoms with Crippen molar-refractivity contribution in [3.8, 4) is 6.01 Å². The molecule has 0 unspecified atom stereocenters. The van der Waals surface area contributed by atoms with E-state index in [4.69, 9.17) is 19.9 Å². The number of aromatic nitrogens is 3. The predicted molar refractivity (Wildman–Crippen MR) is 80.6 cm³/mol. The first kappa shape index (κ1) is 17.4. The highest BCUT2D eigenvalue weighted by Crippen LogP contribution is 2.13. The molecule has 21 heavy (non-hydrogen) atoms. The van der Waals surface area contributed by atoms with Crippen molar-refractivity contribution in [2.75, 3.05) is 56.8 Å². The maximum atomic E-state index is 5.71. The van der Waals surface area contributed by atoms with Crippen molar-refractivity contribution in [3.05, 3.63) is 0 Å². The summed E-state index contributed by atoms with van der Waals surface area (Å²) in [6, 6.07) is 0.234. The zero-order chi connectivity index (χ0) is 15.5. The summed E-state index contributed by atoms with van der Waals surface area (Å²) in [4.78, 5) is 14.3. The van der Waals surface area contributed by atoms with Crippen LogP contribution in [0.1, 0.15) is 20.8 Å². The van der Waals surface area contributed by atoms with E-state index in [-0.39, 0.29) is 12.0 Å². The fourth-order valence-corrected chi connectivity index (χ4v) is 1.65. The van der Waals surface area contributed by atoms with Gasteiger partial charge in [-0.2, -0.15) is 15.0 Å². The molecule has 2 N–H and O–H groups in total. The second-order valence-corrected chi connectivity index (χ2v) is 4.09. The van der Waals surface area contributed by atoms with Crippen molar-refractivity contribution in [1.82, 2.24) is 15.0 Å². The number of hydrogen-bond donors (Lipinski definition) is 1. The van der Waals surface area contributed by atoms with E-state index in [1.807, 2.05) is 25.7 Å². The molecule has 1 aromatic rings. The maximum Gasteiger partial charge on any atom is 0.323 e. The minimum Gasteiger partial charge on any atom is -0.464 e.